The standard InChI is InChI=1S/C17H24N2O3/c1-2-21-16-8-4-3-7-15(16)17(20)18-10-14-11-19-9-5-6-13(19)12-22-14/h3-4,7-8,13-14H,2,5-6,9-12H2,1H3,(H,18,20)/t13-,14-/m0/s1. The lowest BCUT2D eigenvalue weighted by molar-refractivity contribution is -0.0461. The second-order valence-corrected chi connectivity index (χ2v) is 5.89. The van der Waals surface area contributed by atoms with Crippen LogP contribution in [0, 0.1) is 0 Å². The van der Waals surface area contributed by atoms with Crippen LogP contribution in [-0.2, 0) is 4.74 Å². The molecule has 0 saturated carbocycles. The first-order chi connectivity index (χ1) is 10.8. The molecule has 2 atom stereocenters. The number of morpholine rings is 1. The van der Waals surface area contributed by atoms with Crippen LogP contribution in [0.25, 0.3) is 0 Å². The number of hydrogen-bond donors (Lipinski definition) is 1. The molecule has 0 aromatic heterocycles. The van der Waals surface area contributed by atoms with Gasteiger partial charge in [-0.2, -0.15) is 0 Å². The van der Waals surface area contributed by atoms with Crippen molar-refractivity contribution >= 4 is 5.91 Å². The van der Waals surface area contributed by atoms with Crippen LogP contribution in [0.2, 0.25) is 0 Å². The molecular formula is C17H24N2O3. The van der Waals surface area contributed by atoms with E-state index in [2.05, 4.69) is 10.2 Å². The number of rotatable bonds is 5. The van der Waals surface area contributed by atoms with Crippen LogP contribution in [0.15, 0.2) is 24.3 Å². The molecule has 1 aromatic rings. The Labute approximate surface area is 131 Å². The maximum absolute atomic E-state index is 12.4. The SMILES string of the molecule is CCOc1ccccc1C(=O)NC[C@H]1CN2CCC[C@H]2CO1. The largest absolute Gasteiger partial charge is 0.493 e. The third-order valence-electron chi connectivity index (χ3n) is 4.38. The average Bonchev–Trinajstić information content (AvgIpc) is 3.01. The van der Waals surface area contributed by atoms with Gasteiger partial charge in [0.05, 0.1) is 24.9 Å². The van der Waals surface area contributed by atoms with E-state index in [1.54, 1.807) is 6.07 Å². The average molecular weight is 304 g/mol. The fourth-order valence-corrected chi connectivity index (χ4v) is 3.25. The topological polar surface area (TPSA) is 50.8 Å². The van der Waals surface area contributed by atoms with Crippen molar-refractivity contribution in [1.82, 2.24) is 10.2 Å². The van der Waals surface area contributed by atoms with E-state index in [1.807, 2.05) is 25.1 Å². The predicted octanol–water partition coefficient (Wildman–Crippen LogP) is 1.68. The molecule has 2 fully saturated rings. The molecule has 0 radical (unpaired) electrons. The van der Waals surface area contributed by atoms with Crippen molar-refractivity contribution in [2.75, 3.05) is 32.8 Å². The summed E-state index contributed by atoms with van der Waals surface area (Å²) in [5.41, 5.74) is 0.583. The molecule has 0 aliphatic carbocycles. The number of para-hydroxylation sites is 1. The highest BCUT2D eigenvalue weighted by molar-refractivity contribution is 5.96. The van der Waals surface area contributed by atoms with E-state index >= 15 is 0 Å². The van der Waals surface area contributed by atoms with Crippen molar-refractivity contribution in [2.45, 2.75) is 31.9 Å². The predicted molar refractivity (Wildman–Crippen MR) is 84.3 cm³/mol. The third-order valence-corrected chi connectivity index (χ3v) is 4.38. The lowest BCUT2D eigenvalue weighted by Crippen LogP contribution is -2.50. The van der Waals surface area contributed by atoms with Crippen molar-refractivity contribution in [3.05, 3.63) is 29.8 Å². The summed E-state index contributed by atoms with van der Waals surface area (Å²) < 4.78 is 11.4. The van der Waals surface area contributed by atoms with Crippen molar-refractivity contribution in [1.29, 1.82) is 0 Å². The van der Waals surface area contributed by atoms with Gasteiger partial charge in [0.15, 0.2) is 0 Å². The van der Waals surface area contributed by atoms with Crippen LogP contribution in [0.3, 0.4) is 0 Å². The monoisotopic (exact) mass is 304 g/mol. The zero-order valence-corrected chi connectivity index (χ0v) is 13.1. The van der Waals surface area contributed by atoms with Crippen LogP contribution in [0.4, 0.5) is 0 Å². The van der Waals surface area contributed by atoms with E-state index < -0.39 is 0 Å². The number of ether oxygens (including phenoxy) is 2. The maximum atomic E-state index is 12.4. The van der Waals surface area contributed by atoms with Crippen LogP contribution < -0.4 is 10.1 Å². The van der Waals surface area contributed by atoms with Crippen molar-refractivity contribution in [3.63, 3.8) is 0 Å². The molecule has 1 aromatic carbocycles. The van der Waals surface area contributed by atoms with Crippen molar-refractivity contribution in [3.8, 4) is 5.75 Å². The summed E-state index contributed by atoms with van der Waals surface area (Å²) in [6, 6.07) is 7.93. The van der Waals surface area contributed by atoms with Gasteiger partial charge in [-0.3, -0.25) is 9.69 Å². The van der Waals surface area contributed by atoms with E-state index in [9.17, 15) is 4.79 Å². The molecule has 5 nitrogen and oxygen atoms in total. The van der Waals surface area contributed by atoms with E-state index in [0.717, 1.165) is 19.7 Å². The van der Waals surface area contributed by atoms with Gasteiger partial charge in [-0.25, -0.2) is 0 Å². The van der Waals surface area contributed by atoms with Gasteiger partial charge in [0.25, 0.3) is 5.91 Å². The minimum absolute atomic E-state index is 0.0811. The summed E-state index contributed by atoms with van der Waals surface area (Å²) in [7, 11) is 0. The fourth-order valence-electron chi connectivity index (χ4n) is 3.25. The number of carbonyl (C=O) groups is 1. The van der Waals surface area contributed by atoms with Gasteiger partial charge in [-0.15, -0.1) is 0 Å². The molecule has 120 valence electrons. The number of hydrogen-bond acceptors (Lipinski definition) is 4. The van der Waals surface area contributed by atoms with Gasteiger partial charge in [0, 0.05) is 19.1 Å². The summed E-state index contributed by atoms with van der Waals surface area (Å²) in [5, 5.41) is 2.98. The molecule has 2 aliphatic heterocycles. The molecule has 2 aliphatic rings. The first-order valence-electron chi connectivity index (χ1n) is 8.13. The van der Waals surface area contributed by atoms with Gasteiger partial charge in [-0.05, 0) is 38.4 Å². The van der Waals surface area contributed by atoms with Crippen molar-refractivity contribution < 1.29 is 14.3 Å². The lowest BCUT2D eigenvalue weighted by Gasteiger charge is -2.35. The Morgan fingerprint density at radius 3 is 3.18 bits per heavy atom. The minimum Gasteiger partial charge on any atom is -0.493 e. The smallest absolute Gasteiger partial charge is 0.255 e. The Morgan fingerprint density at radius 2 is 2.32 bits per heavy atom. The summed E-state index contributed by atoms with van der Waals surface area (Å²) in [4.78, 5) is 14.8. The van der Waals surface area contributed by atoms with Crippen LogP contribution in [0.1, 0.15) is 30.1 Å². The van der Waals surface area contributed by atoms with Gasteiger partial charge in [-0.1, -0.05) is 12.1 Å². The van der Waals surface area contributed by atoms with E-state index in [0.29, 0.717) is 30.5 Å². The highest BCUT2D eigenvalue weighted by atomic mass is 16.5. The second kappa shape index (κ2) is 7.11. The minimum atomic E-state index is -0.101. The Balaban J connectivity index is 1.54. The fraction of sp³-hybridized carbons (Fsp3) is 0.588. The molecule has 5 heteroatoms. The number of carbonyl (C=O) groups excluding carboxylic acids is 1. The highest BCUT2D eigenvalue weighted by Gasteiger charge is 2.32. The maximum Gasteiger partial charge on any atom is 0.255 e. The first-order valence-corrected chi connectivity index (χ1v) is 8.13. The number of amides is 1. The molecule has 22 heavy (non-hydrogen) atoms. The Hall–Kier alpha value is -1.59. The Kier molecular flexibility index (Phi) is 4.95. The zero-order valence-electron chi connectivity index (χ0n) is 13.1. The Morgan fingerprint density at radius 1 is 1.45 bits per heavy atom. The van der Waals surface area contributed by atoms with Gasteiger partial charge in [0.2, 0.25) is 0 Å². The van der Waals surface area contributed by atoms with Crippen LogP contribution in [0.5, 0.6) is 5.75 Å². The Bertz CT molecular complexity index is 520. The molecule has 1 N–H and O–H groups in total. The molecule has 0 bridgehead atoms. The molecule has 0 spiro atoms. The highest BCUT2D eigenvalue weighted by Crippen LogP contribution is 2.22. The van der Waals surface area contributed by atoms with Gasteiger partial charge >= 0.3 is 0 Å². The molecule has 2 heterocycles. The van der Waals surface area contributed by atoms with E-state index in [1.165, 1.54) is 12.8 Å². The van der Waals surface area contributed by atoms with Gasteiger partial charge in [0.1, 0.15) is 5.75 Å². The summed E-state index contributed by atoms with van der Waals surface area (Å²) >= 11 is 0. The van der Waals surface area contributed by atoms with E-state index in [-0.39, 0.29) is 12.0 Å². The quantitative estimate of drug-likeness (QED) is 0.899. The summed E-state index contributed by atoms with van der Waals surface area (Å²) in [6.45, 7) is 5.87. The number of nitrogens with zero attached hydrogens (tertiary/aromatic N) is 1. The van der Waals surface area contributed by atoms with Gasteiger partial charge < -0.3 is 14.8 Å². The third kappa shape index (κ3) is 3.42. The molecule has 2 saturated heterocycles. The summed E-state index contributed by atoms with van der Waals surface area (Å²) in [5.74, 6) is 0.530. The number of benzene rings is 1. The number of fused-ring (bicyclic) bond motifs is 1. The molecule has 3 rings (SSSR count). The zero-order chi connectivity index (χ0) is 15.4. The normalized spacial score (nSPS) is 24.8. The van der Waals surface area contributed by atoms with Crippen LogP contribution >= 0.6 is 0 Å². The van der Waals surface area contributed by atoms with Crippen LogP contribution in [-0.4, -0.2) is 55.8 Å². The first kappa shape index (κ1) is 15.3. The number of nitrogens with one attached hydrogen (secondary N) is 1. The molecular weight excluding hydrogens is 280 g/mol. The van der Waals surface area contributed by atoms with E-state index in [4.69, 9.17) is 9.47 Å². The second-order valence-electron chi connectivity index (χ2n) is 5.89. The summed E-state index contributed by atoms with van der Waals surface area (Å²) in [6.07, 6.45) is 2.58. The molecule has 0 unspecified atom stereocenters. The molecule has 1 amide bonds. The lowest BCUT2D eigenvalue weighted by atomic mass is 10.1. The van der Waals surface area contributed by atoms with Crippen molar-refractivity contribution in [2.24, 2.45) is 0 Å².